The third-order valence-electron chi connectivity index (χ3n) is 2.88. The van der Waals surface area contributed by atoms with Crippen LogP contribution in [-0.4, -0.2) is 12.1 Å². The zero-order valence-corrected chi connectivity index (χ0v) is 11.1. The number of halogens is 3. The van der Waals surface area contributed by atoms with E-state index in [0.29, 0.717) is 18.2 Å². The van der Waals surface area contributed by atoms with Crippen LogP contribution in [0.25, 0.3) is 0 Å². The van der Waals surface area contributed by atoms with Crippen molar-refractivity contribution in [1.29, 1.82) is 0 Å². The summed E-state index contributed by atoms with van der Waals surface area (Å²) in [5.74, 6) is -0.0994. The first-order valence-electron chi connectivity index (χ1n) is 6.46. The van der Waals surface area contributed by atoms with E-state index in [9.17, 15) is 13.2 Å². The molecule has 0 amide bonds. The van der Waals surface area contributed by atoms with Crippen molar-refractivity contribution < 1.29 is 17.9 Å². The van der Waals surface area contributed by atoms with Gasteiger partial charge in [-0.25, -0.2) is 0 Å². The monoisotopic (exact) mass is 273 g/mol. The second-order valence-electron chi connectivity index (χ2n) is 5.15. The summed E-state index contributed by atoms with van der Waals surface area (Å²) in [6.45, 7) is 3.89. The van der Waals surface area contributed by atoms with E-state index in [2.05, 4.69) is 5.32 Å². The van der Waals surface area contributed by atoms with Crippen LogP contribution < -0.4 is 10.1 Å². The maximum absolute atomic E-state index is 13.0. The number of rotatable bonds is 5. The van der Waals surface area contributed by atoms with Gasteiger partial charge in [-0.1, -0.05) is 6.07 Å². The summed E-state index contributed by atoms with van der Waals surface area (Å²) in [6.07, 6.45) is -2.45. The summed E-state index contributed by atoms with van der Waals surface area (Å²) in [7, 11) is 0. The highest BCUT2D eigenvalue weighted by Gasteiger charge is 2.35. The number of benzene rings is 1. The molecule has 1 saturated carbocycles. The molecule has 1 aliphatic rings. The van der Waals surface area contributed by atoms with Crippen molar-refractivity contribution in [2.45, 2.75) is 51.6 Å². The summed E-state index contributed by atoms with van der Waals surface area (Å²) in [5, 5.41) is 3.20. The average molecular weight is 273 g/mol. The zero-order valence-electron chi connectivity index (χ0n) is 11.1. The summed E-state index contributed by atoms with van der Waals surface area (Å²) >= 11 is 0. The Morgan fingerprint density at radius 1 is 1.32 bits per heavy atom. The van der Waals surface area contributed by atoms with Gasteiger partial charge in [-0.3, -0.25) is 0 Å². The lowest BCUT2D eigenvalue weighted by Gasteiger charge is -2.17. The second kappa shape index (κ2) is 5.41. The van der Waals surface area contributed by atoms with Crippen LogP contribution in [0.1, 0.15) is 37.8 Å². The molecule has 0 aromatic heterocycles. The van der Waals surface area contributed by atoms with Gasteiger partial charge >= 0.3 is 6.18 Å². The summed E-state index contributed by atoms with van der Waals surface area (Å²) in [4.78, 5) is 0. The predicted molar refractivity (Wildman–Crippen MR) is 67.1 cm³/mol. The van der Waals surface area contributed by atoms with E-state index in [-0.39, 0.29) is 11.9 Å². The lowest BCUT2D eigenvalue weighted by atomic mass is 10.1. The maximum atomic E-state index is 13.0. The quantitative estimate of drug-likeness (QED) is 0.882. The molecule has 0 saturated heterocycles. The fourth-order valence-corrected chi connectivity index (χ4v) is 1.81. The van der Waals surface area contributed by atoms with Gasteiger partial charge in [0.1, 0.15) is 5.75 Å². The van der Waals surface area contributed by atoms with Gasteiger partial charge in [0, 0.05) is 12.6 Å². The summed E-state index contributed by atoms with van der Waals surface area (Å²) in [6, 6.07) is 4.74. The molecule has 0 bridgehead atoms. The van der Waals surface area contributed by atoms with E-state index < -0.39 is 11.7 Å². The van der Waals surface area contributed by atoms with E-state index in [1.807, 2.05) is 0 Å². The molecule has 0 atom stereocenters. The van der Waals surface area contributed by atoms with Crippen molar-refractivity contribution in [2.24, 2.45) is 0 Å². The molecule has 0 aliphatic heterocycles. The fraction of sp³-hybridized carbons (Fsp3) is 0.571. The van der Waals surface area contributed by atoms with E-state index in [1.165, 1.54) is 12.1 Å². The van der Waals surface area contributed by atoms with Crippen molar-refractivity contribution in [3.8, 4) is 5.75 Å². The SMILES string of the molecule is CC(C)Oc1ccc(CNC2CC2)cc1C(F)(F)F. The van der Waals surface area contributed by atoms with Gasteiger partial charge in [0.15, 0.2) is 0 Å². The molecule has 1 fully saturated rings. The van der Waals surface area contributed by atoms with Gasteiger partial charge in [-0.05, 0) is 44.4 Å². The van der Waals surface area contributed by atoms with Crippen LogP contribution in [0.5, 0.6) is 5.75 Å². The van der Waals surface area contributed by atoms with E-state index in [1.54, 1.807) is 19.9 Å². The highest BCUT2D eigenvalue weighted by Crippen LogP contribution is 2.37. The van der Waals surface area contributed by atoms with Gasteiger partial charge in [-0.2, -0.15) is 13.2 Å². The second-order valence-corrected chi connectivity index (χ2v) is 5.15. The van der Waals surface area contributed by atoms with Gasteiger partial charge in [0.25, 0.3) is 0 Å². The first-order chi connectivity index (χ1) is 8.86. The van der Waals surface area contributed by atoms with Crippen LogP contribution in [0.4, 0.5) is 13.2 Å². The Bertz CT molecular complexity index is 439. The van der Waals surface area contributed by atoms with Crippen molar-refractivity contribution in [1.82, 2.24) is 5.32 Å². The van der Waals surface area contributed by atoms with Crippen LogP contribution in [0.3, 0.4) is 0 Å². The molecule has 5 heteroatoms. The highest BCUT2D eigenvalue weighted by molar-refractivity contribution is 5.39. The summed E-state index contributed by atoms with van der Waals surface area (Å²) in [5.41, 5.74) is -0.0633. The van der Waals surface area contributed by atoms with Crippen molar-refractivity contribution in [3.05, 3.63) is 29.3 Å². The van der Waals surface area contributed by atoms with E-state index >= 15 is 0 Å². The molecule has 1 aromatic carbocycles. The van der Waals surface area contributed by atoms with E-state index in [0.717, 1.165) is 12.8 Å². The standard InChI is InChI=1S/C14H18F3NO/c1-9(2)19-13-6-3-10(8-18-11-4-5-11)7-12(13)14(15,16)17/h3,6-7,9,11,18H,4-5,8H2,1-2H3. The molecule has 1 aliphatic carbocycles. The minimum atomic E-state index is -4.39. The van der Waals surface area contributed by atoms with Crippen LogP contribution >= 0.6 is 0 Å². The molecule has 1 aromatic rings. The maximum Gasteiger partial charge on any atom is 0.419 e. The third kappa shape index (κ3) is 4.13. The molecule has 0 heterocycles. The molecule has 19 heavy (non-hydrogen) atoms. The van der Waals surface area contributed by atoms with E-state index in [4.69, 9.17) is 4.74 Å². The van der Waals surface area contributed by atoms with Gasteiger partial charge in [-0.15, -0.1) is 0 Å². The normalized spacial score (nSPS) is 15.9. The average Bonchev–Trinajstić information content (AvgIpc) is 3.09. The van der Waals surface area contributed by atoms with Crippen LogP contribution in [0.15, 0.2) is 18.2 Å². The Morgan fingerprint density at radius 3 is 2.53 bits per heavy atom. The first-order valence-corrected chi connectivity index (χ1v) is 6.46. The number of alkyl halides is 3. The smallest absolute Gasteiger partial charge is 0.419 e. The Kier molecular flexibility index (Phi) is 4.04. The van der Waals surface area contributed by atoms with Crippen LogP contribution in [-0.2, 0) is 12.7 Å². The number of hydrogen-bond donors (Lipinski definition) is 1. The molecular weight excluding hydrogens is 255 g/mol. The van der Waals surface area contributed by atoms with Crippen molar-refractivity contribution >= 4 is 0 Å². The molecule has 0 unspecified atom stereocenters. The van der Waals surface area contributed by atoms with Gasteiger partial charge in [0.2, 0.25) is 0 Å². The molecular formula is C14H18F3NO. The molecule has 0 radical (unpaired) electrons. The first kappa shape index (κ1) is 14.2. The number of nitrogens with one attached hydrogen (secondary N) is 1. The molecule has 0 spiro atoms. The number of ether oxygens (including phenoxy) is 1. The molecule has 106 valence electrons. The molecule has 2 nitrogen and oxygen atoms in total. The Hall–Kier alpha value is -1.23. The molecule has 1 N–H and O–H groups in total. The van der Waals surface area contributed by atoms with Crippen molar-refractivity contribution in [2.75, 3.05) is 0 Å². The lowest BCUT2D eigenvalue weighted by molar-refractivity contribution is -0.139. The van der Waals surface area contributed by atoms with Gasteiger partial charge < -0.3 is 10.1 Å². The van der Waals surface area contributed by atoms with Crippen molar-refractivity contribution in [3.63, 3.8) is 0 Å². The Morgan fingerprint density at radius 2 is 2.00 bits per heavy atom. The third-order valence-corrected chi connectivity index (χ3v) is 2.88. The number of hydrogen-bond acceptors (Lipinski definition) is 2. The topological polar surface area (TPSA) is 21.3 Å². The lowest BCUT2D eigenvalue weighted by Crippen LogP contribution is -2.17. The Balaban J connectivity index is 2.18. The molecule has 2 rings (SSSR count). The predicted octanol–water partition coefficient (Wildman–Crippen LogP) is 3.74. The zero-order chi connectivity index (χ0) is 14.0. The largest absolute Gasteiger partial charge is 0.490 e. The van der Waals surface area contributed by atoms with Gasteiger partial charge in [0.05, 0.1) is 11.7 Å². The minimum absolute atomic E-state index is 0.0994. The van der Waals surface area contributed by atoms with Crippen LogP contribution in [0, 0.1) is 0 Å². The fourth-order valence-electron chi connectivity index (χ4n) is 1.81. The van der Waals surface area contributed by atoms with Crippen LogP contribution in [0.2, 0.25) is 0 Å². The highest BCUT2D eigenvalue weighted by atomic mass is 19.4. The Labute approximate surface area is 111 Å². The summed E-state index contributed by atoms with van der Waals surface area (Å²) < 4.78 is 44.2. The minimum Gasteiger partial charge on any atom is -0.490 e.